The minimum Gasteiger partial charge on any atom is -0.308 e. The third kappa shape index (κ3) is 6.86. The molecule has 6 nitrogen and oxygen atoms in total. The van der Waals surface area contributed by atoms with Crippen molar-refractivity contribution in [2.75, 3.05) is 0 Å². The average molecular weight is 743 g/mol. The van der Waals surface area contributed by atoms with Crippen molar-refractivity contribution in [3.8, 4) is 51.0 Å². The second-order valence-corrected chi connectivity index (χ2v) is 17.0. The zero-order valence-electron chi connectivity index (χ0n) is 33.5. The van der Waals surface area contributed by atoms with Crippen LogP contribution in [-0.4, -0.2) is 29.5 Å². The van der Waals surface area contributed by atoms with Gasteiger partial charge in [-0.1, -0.05) is 102 Å². The van der Waals surface area contributed by atoms with Crippen molar-refractivity contribution in [1.29, 1.82) is 0 Å². The first kappa shape index (κ1) is 36.1. The maximum Gasteiger partial charge on any atom is 0.165 e. The second-order valence-electron chi connectivity index (χ2n) is 17.0. The maximum atomic E-state index is 5.15. The predicted octanol–water partition coefficient (Wildman–Crippen LogP) is 12.8. The standard InChI is InChI=1S/C51H46N6/c1-50(2,3)38-21-23-44-42(29-38)43-30-39(51(4,5)6)22-24-45(43)57(44)46-40(33-15-9-7-10-16-33)27-37(28-41(46)34-17-11-8-12-18-34)49-55-47(35-19-13-25-52-31-35)54-48(56-49)36-20-14-26-53-32-36/h7,9-11,13-32H,8,12H2,1-6H3. The van der Waals surface area contributed by atoms with Crippen molar-refractivity contribution in [3.05, 3.63) is 163 Å². The summed E-state index contributed by atoms with van der Waals surface area (Å²) in [6.45, 7) is 13.8. The Bertz CT molecular complexity index is 2710. The summed E-state index contributed by atoms with van der Waals surface area (Å²) in [4.78, 5) is 24.0. The summed E-state index contributed by atoms with van der Waals surface area (Å²) in [6.07, 6.45) is 16.0. The smallest absolute Gasteiger partial charge is 0.165 e. The van der Waals surface area contributed by atoms with Gasteiger partial charge in [0.1, 0.15) is 0 Å². The van der Waals surface area contributed by atoms with Gasteiger partial charge in [-0.15, -0.1) is 0 Å². The summed E-state index contributed by atoms with van der Waals surface area (Å²) in [5.41, 5.74) is 13.1. The Morgan fingerprint density at radius 3 is 1.53 bits per heavy atom. The van der Waals surface area contributed by atoms with Crippen LogP contribution in [0.15, 0.2) is 146 Å². The molecular weight excluding hydrogens is 697 g/mol. The van der Waals surface area contributed by atoms with E-state index in [4.69, 9.17) is 15.0 Å². The summed E-state index contributed by atoms with van der Waals surface area (Å²) in [5, 5.41) is 2.51. The zero-order chi connectivity index (χ0) is 39.3. The first-order valence-electron chi connectivity index (χ1n) is 19.8. The highest BCUT2D eigenvalue weighted by Gasteiger charge is 2.26. The molecule has 280 valence electrons. The van der Waals surface area contributed by atoms with E-state index < -0.39 is 0 Å². The quantitative estimate of drug-likeness (QED) is 0.170. The minimum absolute atomic E-state index is 0.00215. The van der Waals surface area contributed by atoms with Crippen LogP contribution < -0.4 is 0 Å². The monoisotopic (exact) mass is 742 g/mol. The molecule has 0 fully saturated rings. The number of aromatic nitrogens is 6. The van der Waals surface area contributed by atoms with Crippen LogP contribution in [0.1, 0.15) is 71.1 Å². The van der Waals surface area contributed by atoms with E-state index in [1.54, 1.807) is 24.8 Å². The molecule has 0 N–H and O–H groups in total. The number of fused-ring (bicyclic) bond motifs is 3. The molecular formula is C51H46N6. The van der Waals surface area contributed by atoms with E-state index in [2.05, 4.69) is 153 Å². The number of pyridine rings is 2. The lowest BCUT2D eigenvalue weighted by molar-refractivity contribution is 0.590. The summed E-state index contributed by atoms with van der Waals surface area (Å²) in [5.74, 6) is 1.70. The molecule has 0 radical (unpaired) electrons. The molecule has 0 spiro atoms. The Morgan fingerprint density at radius 1 is 0.509 bits per heavy atom. The van der Waals surface area contributed by atoms with Gasteiger partial charge in [0.05, 0.1) is 16.7 Å². The molecule has 0 unspecified atom stereocenters. The number of rotatable bonds is 6. The summed E-state index contributed by atoms with van der Waals surface area (Å²) >= 11 is 0. The van der Waals surface area contributed by atoms with Gasteiger partial charge < -0.3 is 4.57 Å². The summed E-state index contributed by atoms with van der Waals surface area (Å²) in [7, 11) is 0. The molecule has 1 aliphatic carbocycles. The van der Waals surface area contributed by atoms with Gasteiger partial charge in [-0.05, 0) is 107 Å². The van der Waals surface area contributed by atoms with Crippen LogP contribution in [0.25, 0.3) is 78.4 Å². The fraction of sp³-hybridized carbons (Fsp3) is 0.196. The number of hydrogen-bond acceptors (Lipinski definition) is 5. The van der Waals surface area contributed by atoms with Gasteiger partial charge >= 0.3 is 0 Å². The number of benzene rings is 4. The van der Waals surface area contributed by atoms with E-state index in [1.807, 2.05) is 24.3 Å². The zero-order valence-corrected chi connectivity index (χ0v) is 33.5. The molecule has 4 aromatic heterocycles. The van der Waals surface area contributed by atoms with E-state index in [0.29, 0.717) is 17.5 Å². The Morgan fingerprint density at radius 2 is 1.04 bits per heavy atom. The van der Waals surface area contributed by atoms with Gasteiger partial charge in [-0.25, -0.2) is 15.0 Å². The molecule has 4 heterocycles. The predicted molar refractivity (Wildman–Crippen MR) is 235 cm³/mol. The van der Waals surface area contributed by atoms with Crippen molar-refractivity contribution in [2.45, 2.75) is 65.2 Å². The van der Waals surface area contributed by atoms with Crippen LogP contribution in [0.5, 0.6) is 0 Å². The van der Waals surface area contributed by atoms with E-state index in [0.717, 1.165) is 51.9 Å². The van der Waals surface area contributed by atoms with Crippen LogP contribution in [0, 0.1) is 0 Å². The summed E-state index contributed by atoms with van der Waals surface area (Å²) < 4.78 is 2.50. The Kier molecular flexibility index (Phi) is 9.00. The topological polar surface area (TPSA) is 69.4 Å². The van der Waals surface area contributed by atoms with E-state index in [9.17, 15) is 0 Å². The van der Waals surface area contributed by atoms with Crippen LogP contribution in [0.3, 0.4) is 0 Å². The maximum absolute atomic E-state index is 5.15. The molecule has 57 heavy (non-hydrogen) atoms. The molecule has 4 aromatic carbocycles. The van der Waals surface area contributed by atoms with Gasteiger partial charge in [-0.2, -0.15) is 0 Å². The number of hydrogen-bond donors (Lipinski definition) is 0. The van der Waals surface area contributed by atoms with E-state index in [-0.39, 0.29) is 10.8 Å². The lowest BCUT2D eigenvalue weighted by Crippen LogP contribution is -2.10. The van der Waals surface area contributed by atoms with Crippen LogP contribution >= 0.6 is 0 Å². The molecule has 0 saturated carbocycles. The van der Waals surface area contributed by atoms with E-state index >= 15 is 0 Å². The fourth-order valence-corrected chi connectivity index (χ4v) is 7.83. The molecule has 0 aliphatic heterocycles. The minimum atomic E-state index is -0.00215. The Balaban J connectivity index is 1.40. The van der Waals surface area contributed by atoms with Gasteiger partial charge in [0.25, 0.3) is 0 Å². The molecule has 0 atom stereocenters. The van der Waals surface area contributed by atoms with Crippen molar-refractivity contribution < 1.29 is 0 Å². The van der Waals surface area contributed by atoms with E-state index in [1.165, 1.54) is 38.5 Å². The van der Waals surface area contributed by atoms with Crippen molar-refractivity contribution in [2.24, 2.45) is 0 Å². The highest BCUT2D eigenvalue weighted by atomic mass is 15.0. The fourth-order valence-electron chi connectivity index (χ4n) is 7.83. The number of allylic oxidation sites excluding steroid dienone is 4. The van der Waals surface area contributed by atoms with Gasteiger partial charge in [0.15, 0.2) is 17.5 Å². The lowest BCUT2D eigenvalue weighted by Gasteiger charge is -2.23. The largest absolute Gasteiger partial charge is 0.308 e. The molecule has 8 aromatic rings. The average Bonchev–Trinajstić information content (AvgIpc) is 3.56. The van der Waals surface area contributed by atoms with Gasteiger partial charge in [-0.3, -0.25) is 9.97 Å². The van der Waals surface area contributed by atoms with Crippen molar-refractivity contribution in [3.63, 3.8) is 0 Å². The first-order chi connectivity index (χ1) is 27.5. The number of nitrogens with zero attached hydrogens (tertiary/aromatic N) is 6. The van der Waals surface area contributed by atoms with Crippen LogP contribution in [0.4, 0.5) is 0 Å². The molecule has 1 aliphatic rings. The molecule has 0 saturated heterocycles. The van der Waals surface area contributed by atoms with Gasteiger partial charge in [0.2, 0.25) is 0 Å². The SMILES string of the molecule is CC(C)(C)c1ccc2c(c1)c1cc(C(C)(C)C)ccc1n2-c1c(C2=CCCC=C2)cc(-c2nc(-c3cccnc3)nc(-c3cccnc3)n2)cc1-c1ccccc1. The van der Waals surface area contributed by atoms with Gasteiger partial charge in [0, 0.05) is 63.4 Å². The van der Waals surface area contributed by atoms with Crippen molar-refractivity contribution >= 4 is 27.4 Å². The molecule has 9 rings (SSSR count). The lowest BCUT2D eigenvalue weighted by atomic mass is 9.85. The van der Waals surface area contributed by atoms with Crippen molar-refractivity contribution in [1.82, 2.24) is 29.5 Å². The van der Waals surface area contributed by atoms with Crippen LogP contribution in [-0.2, 0) is 10.8 Å². The molecule has 0 amide bonds. The highest BCUT2D eigenvalue weighted by Crippen LogP contribution is 2.44. The Hall–Kier alpha value is -6.53. The molecule has 6 heteroatoms. The third-order valence-electron chi connectivity index (χ3n) is 11.0. The highest BCUT2D eigenvalue weighted by molar-refractivity contribution is 6.11. The summed E-state index contributed by atoms with van der Waals surface area (Å²) in [6, 6.07) is 37.2. The Labute approximate surface area is 334 Å². The third-order valence-corrected chi connectivity index (χ3v) is 11.0. The second kappa shape index (κ2) is 14.2. The first-order valence-corrected chi connectivity index (χ1v) is 19.8. The van der Waals surface area contributed by atoms with Crippen LogP contribution in [0.2, 0.25) is 0 Å². The molecule has 0 bridgehead atoms. The normalized spacial score (nSPS) is 13.3.